The topological polar surface area (TPSA) is 72.0 Å². The Kier molecular flexibility index (Phi) is 5.45. The van der Waals surface area contributed by atoms with Gasteiger partial charge in [-0.05, 0) is 37.4 Å². The molecule has 1 heterocycles. The monoisotopic (exact) mass is 333 g/mol. The summed E-state index contributed by atoms with van der Waals surface area (Å²) in [7, 11) is -3.36. The van der Waals surface area contributed by atoms with Crippen molar-refractivity contribution in [2.75, 3.05) is 10.5 Å². The number of sulfonamides is 1. The molecule has 5 nitrogen and oxygen atoms in total. The zero-order valence-electron chi connectivity index (χ0n) is 11.4. The quantitative estimate of drug-likeness (QED) is 0.639. The first-order chi connectivity index (χ1) is 9.55. The van der Waals surface area contributed by atoms with Gasteiger partial charge in [0.15, 0.2) is 4.34 Å². The molecule has 2 rings (SSSR count). The van der Waals surface area contributed by atoms with Gasteiger partial charge in [0, 0.05) is 0 Å². The number of rotatable bonds is 6. The van der Waals surface area contributed by atoms with Gasteiger partial charge in [-0.15, -0.1) is 16.8 Å². The molecule has 0 radical (unpaired) electrons. The van der Waals surface area contributed by atoms with Crippen LogP contribution in [0.1, 0.15) is 32.6 Å². The second kappa shape index (κ2) is 6.91. The molecule has 0 atom stereocenters. The van der Waals surface area contributed by atoms with Gasteiger partial charge in [0.25, 0.3) is 0 Å². The number of allylic oxidation sites excluding steroid dienone is 1. The van der Waals surface area contributed by atoms with Crippen molar-refractivity contribution in [3.8, 4) is 0 Å². The van der Waals surface area contributed by atoms with Crippen LogP contribution in [0.4, 0.5) is 5.13 Å². The Bertz CT molecular complexity index is 548. The molecule has 1 aliphatic rings. The van der Waals surface area contributed by atoms with Gasteiger partial charge in [0.05, 0.1) is 5.25 Å². The minimum atomic E-state index is -3.36. The average Bonchev–Trinajstić information content (AvgIpc) is 2.86. The highest BCUT2D eigenvalue weighted by Gasteiger charge is 2.30. The first-order valence-electron chi connectivity index (χ1n) is 6.65. The van der Waals surface area contributed by atoms with Crippen LogP contribution >= 0.6 is 23.1 Å². The van der Waals surface area contributed by atoms with Crippen molar-refractivity contribution >= 4 is 38.3 Å². The summed E-state index contributed by atoms with van der Waals surface area (Å²) in [5, 5.41) is 7.88. The second-order valence-corrected chi connectivity index (χ2v) is 9.18. The average molecular weight is 334 g/mol. The van der Waals surface area contributed by atoms with Crippen molar-refractivity contribution in [3.63, 3.8) is 0 Å². The van der Waals surface area contributed by atoms with Crippen LogP contribution in [0.5, 0.6) is 0 Å². The van der Waals surface area contributed by atoms with Crippen LogP contribution in [-0.2, 0) is 10.0 Å². The van der Waals surface area contributed by atoms with Crippen LogP contribution in [-0.4, -0.2) is 29.6 Å². The Morgan fingerprint density at radius 2 is 2.10 bits per heavy atom. The molecule has 20 heavy (non-hydrogen) atoms. The second-order valence-electron chi connectivity index (χ2n) is 4.73. The highest BCUT2D eigenvalue weighted by Crippen LogP contribution is 2.31. The van der Waals surface area contributed by atoms with Crippen LogP contribution in [0.2, 0.25) is 0 Å². The summed E-state index contributed by atoms with van der Waals surface area (Å²) in [6.45, 7) is 5.80. The minimum Gasteiger partial charge on any atom is -0.257 e. The summed E-state index contributed by atoms with van der Waals surface area (Å²) in [6.07, 6.45) is 5.07. The molecule has 0 saturated heterocycles. The summed E-state index contributed by atoms with van der Waals surface area (Å²) in [5.74, 6) is 1.35. The van der Waals surface area contributed by atoms with Crippen LogP contribution in [0.3, 0.4) is 0 Å². The van der Waals surface area contributed by atoms with E-state index in [4.69, 9.17) is 0 Å². The van der Waals surface area contributed by atoms with E-state index in [1.165, 1.54) is 11.3 Å². The maximum Gasteiger partial charge on any atom is 0.237 e. The number of thioether (sulfide) groups is 1. The molecule has 1 aromatic rings. The summed E-state index contributed by atoms with van der Waals surface area (Å²) < 4.78 is 28.0. The van der Waals surface area contributed by atoms with E-state index in [1.807, 2.05) is 13.0 Å². The van der Waals surface area contributed by atoms with Gasteiger partial charge in [-0.25, -0.2) is 8.42 Å². The van der Waals surface area contributed by atoms with E-state index < -0.39 is 10.0 Å². The summed E-state index contributed by atoms with van der Waals surface area (Å²) in [4.78, 5) is 0. The molecule has 0 unspecified atom stereocenters. The van der Waals surface area contributed by atoms with Gasteiger partial charge in [0.2, 0.25) is 15.2 Å². The smallest absolute Gasteiger partial charge is 0.237 e. The molecular formula is C12H19N3O2S3. The fourth-order valence-corrected chi connectivity index (χ4v) is 5.63. The van der Waals surface area contributed by atoms with Crippen molar-refractivity contribution in [1.29, 1.82) is 0 Å². The predicted octanol–water partition coefficient (Wildman–Crippen LogP) is 3.14. The Morgan fingerprint density at radius 1 is 1.40 bits per heavy atom. The molecule has 1 fully saturated rings. The fraction of sp³-hybridized carbons (Fsp3) is 0.667. The molecule has 0 aliphatic heterocycles. The van der Waals surface area contributed by atoms with Crippen LogP contribution in [0.15, 0.2) is 17.0 Å². The predicted molar refractivity (Wildman–Crippen MR) is 84.8 cm³/mol. The van der Waals surface area contributed by atoms with E-state index in [-0.39, 0.29) is 5.25 Å². The Morgan fingerprint density at radius 3 is 2.70 bits per heavy atom. The van der Waals surface area contributed by atoms with Crippen molar-refractivity contribution in [2.24, 2.45) is 5.92 Å². The van der Waals surface area contributed by atoms with Gasteiger partial charge in [-0.3, -0.25) is 4.72 Å². The number of nitrogens with one attached hydrogen (secondary N) is 1. The first-order valence-corrected chi connectivity index (χ1v) is 10.0. The van der Waals surface area contributed by atoms with E-state index >= 15 is 0 Å². The molecule has 0 aromatic carbocycles. The molecule has 0 amide bonds. The lowest BCUT2D eigenvalue weighted by atomic mass is 9.89. The zero-order valence-corrected chi connectivity index (χ0v) is 13.9. The van der Waals surface area contributed by atoms with E-state index in [0.29, 0.717) is 23.9 Å². The lowest BCUT2D eigenvalue weighted by Gasteiger charge is -2.26. The van der Waals surface area contributed by atoms with Gasteiger partial charge in [-0.1, -0.05) is 36.1 Å². The third-order valence-electron chi connectivity index (χ3n) is 3.39. The summed E-state index contributed by atoms with van der Waals surface area (Å²) in [6, 6.07) is 0. The van der Waals surface area contributed by atoms with Crippen molar-refractivity contribution in [2.45, 2.75) is 42.2 Å². The number of nitrogens with zero attached hydrogens (tertiary/aromatic N) is 2. The van der Waals surface area contributed by atoms with E-state index in [9.17, 15) is 8.42 Å². The summed E-state index contributed by atoms with van der Waals surface area (Å²) >= 11 is 2.85. The Balaban J connectivity index is 1.98. The largest absolute Gasteiger partial charge is 0.257 e. The molecule has 8 heteroatoms. The van der Waals surface area contributed by atoms with Crippen LogP contribution in [0.25, 0.3) is 0 Å². The van der Waals surface area contributed by atoms with Crippen molar-refractivity contribution in [1.82, 2.24) is 10.2 Å². The van der Waals surface area contributed by atoms with Gasteiger partial charge in [0.1, 0.15) is 0 Å². The standard InChI is InChI=1S/C12H19N3O2S3/c1-3-9-5-7-10(8-6-9)20(16,17)15-11-13-14-12(19-11)18-4-2/h3,9-10H,1,4-8H2,2H3,(H,13,15). The molecule has 112 valence electrons. The van der Waals surface area contributed by atoms with Gasteiger partial charge >= 0.3 is 0 Å². The van der Waals surface area contributed by atoms with E-state index in [0.717, 1.165) is 22.9 Å². The first kappa shape index (κ1) is 15.8. The molecule has 1 aliphatic carbocycles. The summed E-state index contributed by atoms with van der Waals surface area (Å²) in [5.41, 5.74) is 0. The van der Waals surface area contributed by atoms with Crippen molar-refractivity contribution in [3.05, 3.63) is 12.7 Å². The van der Waals surface area contributed by atoms with Crippen LogP contribution < -0.4 is 4.72 Å². The maximum atomic E-state index is 12.3. The van der Waals surface area contributed by atoms with Gasteiger partial charge in [-0.2, -0.15) is 0 Å². The molecule has 0 spiro atoms. The third kappa shape index (κ3) is 3.95. The molecule has 0 bridgehead atoms. The molecule has 1 saturated carbocycles. The van der Waals surface area contributed by atoms with Gasteiger partial charge < -0.3 is 0 Å². The number of anilines is 1. The highest BCUT2D eigenvalue weighted by atomic mass is 32.2. The minimum absolute atomic E-state index is 0.329. The Hall–Kier alpha value is -0.600. The molecule has 1 aromatic heterocycles. The maximum absolute atomic E-state index is 12.3. The Labute approximate surface area is 128 Å². The highest BCUT2D eigenvalue weighted by molar-refractivity contribution is 8.01. The third-order valence-corrected chi connectivity index (χ3v) is 7.21. The number of hydrogen-bond donors (Lipinski definition) is 1. The normalized spacial score (nSPS) is 23.4. The lowest BCUT2D eigenvalue weighted by Crippen LogP contribution is -2.31. The SMILES string of the molecule is C=CC1CCC(S(=O)(=O)Nc2nnc(SCC)s2)CC1. The van der Waals surface area contributed by atoms with E-state index in [1.54, 1.807) is 11.8 Å². The van der Waals surface area contributed by atoms with Crippen molar-refractivity contribution < 1.29 is 8.42 Å². The molecular weight excluding hydrogens is 314 g/mol. The number of aromatic nitrogens is 2. The number of hydrogen-bond acceptors (Lipinski definition) is 6. The zero-order chi connectivity index (χ0) is 14.6. The fourth-order valence-electron chi connectivity index (χ4n) is 2.27. The van der Waals surface area contributed by atoms with Crippen LogP contribution in [0, 0.1) is 5.92 Å². The molecule has 1 N–H and O–H groups in total. The lowest BCUT2D eigenvalue weighted by molar-refractivity contribution is 0.415. The van der Waals surface area contributed by atoms with E-state index in [2.05, 4.69) is 21.5 Å².